The lowest BCUT2D eigenvalue weighted by Gasteiger charge is -2.34. The minimum absolute atomic E-state index is 0.0711. The highest BCUT2D eigenvalue weighted by molar-refractivity contribution is 7.92. The number of alkyl halides is 3. The summed E-state index contributed by atoms with van der Waals surface area (Å²) in [7, 11) is -4.61. The van der Waals surface area contributed by atoms with Crippen molar-refractivity contribution in [2.75, 3.05) is 17.4 Å². The third-order valence-corrected chi connectivity index (χ3v) is 9.70. The molecule has 0 heterocycles. The van der Waals surface area contributed by atoms with Crippen LogP contribution in [0.3, 0.4) is 0 Å². The van der Waals surface area contributed by atoms with Gasteiger partial charge in [0.25, 0.3) is 10.0 Å². The molecule has 7 nitrogen and oxygen atoms in total. The predicted octanol–water partition coefficient (Wildman–Crippen LogP) is 7.62. The monoisotopic (exact) mass is 719 g/mol. The van der Waals surface area contributed by atoms with Crippen molar-refractivity contribution in [3.8, 4) is 0 Å². The maximum absolute atomic E-state index is 14.5. The summed E-state index contributed by atoms with van der Waals surface area (Å²) in [4.78, 5) is 29.3. The molecule has 0 unspecified atom stereocenters. The lowest BCUT2D eigenvalue weighted by atomic mass is 10.0. The summed E-state index contributed by atoms with van der Waals surface area (Å²) in [6, 6.07) is 24.1. The molecule has 4 aromatic rings. The first-order chi connectivity index (χ1) is 22.7. The van der Waals surface area contributed by atoms with Gasteiger partial charge in [0.15, 0.2) is 0 Å². The molecule has 0 aliphatic carbocycles. The largest absolute Gasteiger partial charge is 0.417 e. The normalized spacial score (nSPS) is 12.4. The van der Waals surface area contributed by atoms with E-state index in [0.717, 1.165) is 17.7 Å². The van der Waals surface area contributed by atoms with Crippen molar-refractivity contribution in [1.82, 2.24) is 10.2 Å². The second kappa shape index (κ2) is 15.9. The molecular weight excluding hydrogens is 686 g/mol. The Kier molecular flexibility index (Phi) is 12.2. The smallest absolute Gasteiger partial charge is 0.354 e. The number of nitrogens with one attached hydrogen (secondary N) is 1. The second-order valence-electron chi connectivity index (χ2n) is 11.5. The van der Waals surface area contributed by atoms with Crippen molar-refractivity contribution in [2.45, 2.75) is 43.9 Å². The minimum Gasteiger partial charge on any atom is -0.354 e. The molecule has 0 bridgehead atoms. The zero-order chi connectivity index (χ0) is 35.1. The van der Waals surface area contributed by atoms with Crippen molar-refractivity contribution in [1.29, 1.82) is 0 Å². The number of anilines is 1. The Balaban J connectivity index is 1.85. The molecule has 0 spiro atoms. The Bertz CT molecular complexity index is 1830. The van der Waals surface area contributed by atoms with Crippen molar-refractivity contribution in [3.63, 3.8) is 0 Å². The number of halogens is 5. The van der Waals surface area contributed by atoms with Crippen molar-refractivity contribution < 1.29 is 31.2 Å². The van der Waals surface area contributed by atoms with E-state index in [1.165, 1.54) is 29.2 Å². The summed E-state index contributed by atoms with van der Waals surface area (Å²) in [6.45, 7) is 3.05. The van der Waals surface area contributed by atoms with Gasteiger partial charge in [-0.05, 0) is 59.5 Å². The number of benzene rings is 4. The third-order valence-electron chi connectivity index (χ3n) is 7.35. The van der Waals surface area contributed by atoms with Gasteiger partial charge in [0.1, 0.15) is 12.6 Å². The zero-order valence-electron chi connectivity index (χ0n) is 26.1. The number of hydrogen-bond donors (Lipinski definition) is 1. The Labute approximate surface area is 288 Å². The van der Waals surface area contributed by atoms with Gasteiger partial charge in [-0.3, -0.25) is 13.9 Å². The van der Waals surface area contributed by atoms with Crippen LogP contribution in [-0.2, 0) is 38.8 Å². The number of sulfonamides is 1. The fraction of sp³-hybridized carbons (Fsp3) is 0.257. The van der Waals surface area contributed by atoms with Crippen LogP contribution in [0.1, 0.15) is 30.5 Å². The van der Waals surface area contributed by atoms with E-state index in [2.05, 4.69) is 5.32 Å². The molecule has 0 saturated heterocycles. The zero-order valence-corrected chi connectivity index (χ0v) is 28.5. The molecule has 0 aromatic heterocycles. The third kappa shape index (κ3) is 9.52. The Morgan fingerprint density at radius 2 is 1.46 bits per heavy atom. The quantitative estimate of drug-likeness (QED) is 0.154. The molecule has 0 fully saturated rings. The second-order valence-corrected chi connectivity index (χ2v) is 14.2. The van der Waals surface area contributed by atoms with Gasteiger partial charge in [0.2, 0.25) is 11.8 Å². The molecule has 4 aromatic carbocycles. The van der Waals surface area contributed by atoms with Crippen molar-refractivity contribution in [3.05, 3.63) is 130 Å². The van der Waals surface area contributed by atoms with E-state index in [9.17, 15) is 31.2 Å². The highest BCUT2D eigenvalue weighted by Gasteiger charge is 2.37. The molecule has 0 radical (unpaired) electrons. The van der Waals surface area contributed by atoms with Crippen LogP contribution in [0.2, 0.25) is 10.0 Å². The van der Waals surface area contributed by atoms with E-state index in [0.29, 0.717) is 27.5 Å². The topological polar surface area (TPSA) is 86.8 Å². The van der Waals surface area contributed by atoms with Gasteiger partial charge in [-0.2, -0.15) is 13.2 Å². The number of amides is 2. The molecule has 0 saturated carbocycles. The first-order valence-corrected chi connectivity index (χ1v) is 17.2. The number of carbonyl (C=O) groups is 2. The summed E-state index contributed by atoms with van der Waals surface area (Å²) in [5, 5.41) is 2.61. The van der Waals surface area contributed by atoms with E-state index in [1.807, 2.05) is 13.8 Å². The van der Waals surface area contributed by atoms with Crippen LogP contribution in [0.25, 0.3) is 0 Å². The van der Waals surface area contributed by atoms with E-state index in [1.54, 1.807) is 60.7 Å². The molecule has 254 valence electrons. The van der Waals surface area contributed by atoms with Crippen molar-refractivity contribution in [2.24, 2.45) is 5.92 Å². The minimum atomic E-state index is -4.91. The lowest BCUT2D eigenvalue weighted by Crippen LogP contribution is -2.53. The molecular formula is C35H34Cl2F3N3O4S. The summed E-state index contributed by atoms with van der Waals surface area (Å²) in [5.41, 5.74) is -0.426. The van der Waals surface area contributed by atoms with Gasteiger partial charge < -0.3 is 10.2 Å². The average Bonchev–Trinajstić information content (AvgIpc) is 3.04. The summed E-state index contributed by atoms with van der Waals surface area (Å²) in [6.07, 6.45) is -4.84. The van der Waals surface area contributed by atoms with Crippen LogP contribution < -0.4 is 9.62 Å². The number of hydrogen-bond acceptors (Lipinski definition) is 4. The fourth-order valence-electron chi connectivity index (χ4n) is 4.94. The van der Waals surface area contributed by atoms with E-state index < -0.39 is 56.9 Å². The Hall–Kier alpha value is -4.06. The average molecular weight is 721 g/mol. The SMILES string of the molecule is CC(C)CNC(=O)[C@@H](Cc1ccccc1)N(Cc1cccc(Cl)c1)C(=O)CN(c1ccc(Cl)c(C(F)(F)F)c1)S(=O)(=O)c1ccccc1. The van der Waals surface area contributed by atoms with Crippen LogP contribution in [0.4, 0.5) is 18.9 Å². The van der Waals surface area contributed by atoms with E-state index in [4.69, 9.17) is 23.2 Å². The van der Waals surface area contributed by atoms with Gasteiger partial charge in [0.05, 0.1) is 21.2 Å². The molecule has 13 heteroatoms. The van der Waals surface area contributed by atoms with Gasteiger partial charge in [-0.15, -0.1) is 0 Å². The molecule has 48 heavy (non-hydrogen) atoms. The maximum atomic E-state index is 14.5. The fourth-order valence-corrected chi connectivity index (χ4v) is 6.81. The Morgan fingerprint density at radius 1 is 0.833 bits per heavy atom. The van der Waals surface area contributed by atoms with E-state index >= 15 is 0 Å². The number of nitrogens with zero attached hydrogens (tertiary/aromatic N) is 2. The molecule has 4 rings (SSSR count). The Morgan fingerprint density at radius 3 is 2.06 bits per heavy atom. The van der Waals surface area contributed by atoms with Crippen LogP contribution in [0, 0.1) is 5.92 Å². The van der Waals surface area contributed by atoms with Crippen molar-refractivity contribution >= 4 is 50.7 Å². The highest BCUT2D eigenvalue weighted by atomic mass is 35.5. The van der Waals surface area contributed by atoms with Gasteiger partial charge in [-0.25, -0.2) is 8.42 Å². The summed E-state index contributed by atoms with van der Waals surface area (Å²) in [5.74, 6) is -1.23. The number of rotatable bonds is 13. The molecule has 1 atom stereocenters. The molecule has 1 N–H and O–H groups in total. The van der Waals surface area contributed by atoms with Gasteiger partial charge in [0, 0.05) is 24.5 Å². The first-order valence-electron chi connectivity index (χ1n) is 15.0. The molecule has 0 aliphatic rings. The molecule has 0 aliphatic heterocycles. The van der Waals surface area contributed by atoms with Crippen LogP contribution in [0.15, 0.2) is 108 Å². The van der Waals surface area contributed by atoms with Gasteiger partial charge >= 0.3 is 6.18 Å². The summed E-state index contributed by atoms with van der Waals surface area (Å²) < 4.78 is 70.5. The first kappa shape index (κ1) is 36.8. The molecule has 2 amide bonds. The predicted molar refractivity (Wildman–Crippen MR) is 181 cm³/mol. The van der Waals surface area contributed by atoms with Gasteiger partial charge in [-0.1, -0.05) is 97.7 Å². The van der Waals surface area contributed by atoms with Crippen LogP contribution >= 0.6 is 23.2 Å². The van der Waals surface area contributed by atoms with Crippen LogP contribution in [0.5, 0.6) is 0 Å². The van der Waals surface area contributed by atoms with Crippen LogP contribution in [-0.4, -0.2) is 44.3 Å². The maximum Gasteiger partial charge on any atom is 0.417 e. The van der Waals surface area contributed by atoms with E-state index in [-0.39, 0.29) is 23.8 Å². The highest BCUT2D eigenvalue weighted by Crippen LogP contribution is 2.38. The number of carbonyl (C=O) groups excluding carboxylic acids is 2. The standard InChI is InChI=1S/C35H34Cl2F3N3O4S/c1-24(2)21-41-34(45)32(19-25-10-5-3-6-11-25)42(22-26-12-9-13-27(36)18-26)33(44)23-43(48(46,47)29-14-7-4-8-15-29)28-16-17-31(37)30(20-28)35(38,39)40/h3-18,20,24,32H,19,21-23H2,1-2H3,(H,41,45)/t32-/m1/s1. The lowest BCUT2D eigenvalue weighted by molar-refractivity contribution is -0.140. The summed E-state index contributed by atoms with van der Waals surface area (Å²) >= 11 is 12.1.